The predicted octanol–water partition coefficient (Wildman–Crippen LogP) is 3.23. The van der Waals surface area contributed by atoms with Gasteiger partial charge < -0.3 is 15.1 Å². The standard InChI is InChI=1S/C20H25N3O2S/c1-15-12-17(26-13-15)18(24)23-11-7-10-20(14-23,19(25)22(2)3)21-16-8-5-4-6-9-16/h4-6,8-9,12-13,21H,7,10-11,14H2,1-3H3. The molecule has 1 aromatic carbocycles. The van der Waals surface area contributed by atoms with Crippen LogP contribution in [0.15, 0.2) is 41.8 Å². The fraction of sp³-hybridized carbons (Fsp3) is 0.400. The van der Waals surface area contributed by atoms with Crippen molar-refractivity contribution in [1.29, 1.82) is 0 Å². The lowest BCUT2D eigenvalue weighted by Crippen LogP contribution is -2.62. The smallest absolute Gasteiger partial charge is 0.264 e. The summed E-state index contributed by atoms with van der Waals surface area (Å²) < 4.78 is 0. The highest BCUT2D eigenvalue weighted by Crippen LogP contribution is 2.29. The van der Waals surface area contributed by atoms with Gasteiger partial charge in [-0.2, -0.15) is 0 Å². The highest BCUT2D eigenvalue weighted by atomic mass is 32.1. The Morgan fingerprint density at radius 2 is 1.96 bits per heavy atom. The van der Waals surface area contributed by atoms with E-state index in [-0.39, 0.29) is 11.8 Å². The molecule has 0 radical (unpaired) electrons. The van der Waals surface area contributed by atoms with Crippen LogP contribution >= 0.6 is 11.3 Å². The van der Waals surface area contributed by atoms with E-state index in [2.05, 4.69) is 5.32 Å². The fourth-order valence-corrected chi connectivity index (χ4v) is 4.35. The molecule has 0 spiro atoms. The van der Waals surface area contributed by atoms with E-state index in [1.54, 1.807) is 19.0 Å². The van der Waals surface area contributed by atoms with Crippen molar-refractivity contribution in [3.8, 4) is 0 Å². The molecule has 0 bridgehead atoms. The second kappa shape index (κ2) is 7.50. The molecule has 2 amide bonds. The first-order valence-electron chi connectivity index (χ1n) is 8.81. The van der Waals surface area contributed by atoms with Crippen molar-refractivity contribution in [1.82, 2.24) is 9.80 Å². The van der Waals surface area contributed by atoms with Crippen LogP contribution in [0.1, 0.15) is 28.1 Å². The molecule has 0 saturated carbocycles. The Morgan fingerprint density at radius 3 is 2.58 bits per heavy atom. The zero-order valence-corrected chi connectivity index (χ0v) is 16.3. The van der Waals surface area contributed by atoms with Gasteiger partial charge in [0.05, 0.1) is 11.4 Å². The highest BCUT2D eigenvalue weighted by molar-refractivity contribution is 7.12. The third-order valence-corrected chi connectivity index (χ3v) is 5.73. The Morgan fingerprint density at radius 1 is 1.23 bits per heavy atom. The third-order valence-electron chi connectivity index (χ3n) is 4.69. The van der Waals surface area contributed by atoms with E-state index in [1.807, 2.05) is 53.6 Å². The molecule has 1 atom stereocenters. The Labute approximate surface area is 158 Å². The second-order valence-electron chi connectivity index (χ2n) is 7.09. The number of likely N-dealkylation sites (tertiary alicyclic amines) is 1. The first-order valence-corrected chi connectivity index (χ1v) is 9.69. The van der Waals surface area contributed by atoms with E-state index in [4.69, 9.17) is 0 Å². The number of nitrogens with one attached hydrogen (secondary N) is 1. The molecule has 0 aliphatic carbocycles. The molecule has 3 rings (SSSR count). The number of para-hydroxylation sites is 1. The SMILES string of the molecule is Cc1csc(C(=O)N2CCCC(Nc3ccccc3)(C(=O)N(C)C)C2)c1. The van der Waals surface area contributed by atoms with E-state index in [9.17, 15) is 9.59 Å². The lowest BCUT2D eigenvalue weighted by Gasteiger charge is -2.43. The van der Waals surface area contributed by atoms with Crippen molar-refractivity contribution in [3.05, 3.63) is 52.2 Å². The summed E-state index contributed by atoms with van der Waals surface area (Å²) in [5, 5.41) is 5.42. The molecule has 5 nitrogen and oxygen atoms in total. The minimum atomic E-state index is -0.801. The molecule has 2 heterocycles. The Hall–Kier alpha value is -2.34. The first kappa shape index (κ1) is 18.5. The quantitative estimate of drug-likeness (QED) is 0.898. The van der Waals surface area contributed by atoms with Crippen LogP contribution in [0.5, 0.6) is 0 Å². The van der Waals surface area contributed by atoms with Crippen LogP contribution in [0.2, 0.25) is 0 Å². The van der Waals surface area contributed by atoms with Crippen LogP contribution in [0, 0.1) is 6.92 Å². The summed E-state index contributed by atoms with van der Waals surface area (Å²) >= 11 is 1.46. The second-order valence-corrected chi connectivity index (χ2v) is 8.00. The third kappa shape index (κ3) is 3.75. The molecule has 6 heteroatoms. The van der Waals surface area contributed by atoms with Crippen LogP contribution < -0.4 is 5.32 Å². The zero-order chi connectivity index (χ0) is 18.7. The Bertz CT molecular complexity index is 787. The number of thiophene rings is 1. The zero-order valence-electron chi connectivity index (χ0n) is 15.5. The van der Waals surface area contributed by atoms with Crippen LogP contribution in [-0.4, -0.2) is 54.3 Å². The summed E-state index contributed by atoms with van der Waals surface area (Å²) in [6.45, 7) is 3.03. The number of rotatable bonds is 4. The number of hydrogen-bond acceptors (Lipinski definition) is 4. The Kier molecular flexibility index (Phi) is 5.32. The number of anilines is 1. The molecule has 1 aliphatic heterocycles. The summed E-state index contributed by atoms with van der Waals surface area (Å²) in [7, 11) is 3.53. The summed E-state index contributed by atoms with van der Waals surface area (Å²) in [6.07, 6.45) is 1.49. The van der Waals surface area contributed by atoms with Crippen molar-refractivity contribution < 1.29 is 9.59 Å². The van der Waals surface area contributed by atoms with E-state index < -0.39 is 5.54 Å². The van der Waals surface area contributed by atoms with Gasteiger partial charge in [0, 0.05) is 26.3 Å². The highest BCUT2D eigenvalue weighted by Gasteiger charge is 2.44. The molecular weight excluding hydrogens is 346 g/mol. The number of carbonyl (C=O) groups excluding carboxylic acids is 2. The number of benzene rings is 1. The van der Waals surface area contributed by atoms with Crippen LogP contribution in [-0.2, 0) is 4.79 Å². The summed E-state index contributed by atoms with van der Waals surface area (Å²) in [5.74, 6) is 0.00908. The van der Waals surface area contributed by atoms with Gasteiger partial charge in [-0.05, 0) is 48.9 Å². The number of carbonyl (C=O) groups is 2. The largest absolute Gasteiger partial charge is 0.370 e. The summed E-state index contributed by atoms with van der Waals surface area (Å²) in [4.78, 5) is 30.1. The van der Waals surface area contributed by atoms with Gasteiger partial charge in [0.25, 0.3) is 5.91 Å². The van der Waals surface area contributed by atoms with Gasteiger partial charge >= 0.3 is 0 Å². The molecule has 1 aromatic heterocycles. The number of piperidine rings is 1. The maximum absolute atomic E-state index is 13.1. The van der Waals surface area contributed by atoms with Gasteiger partial charge in [0.1, 0.15) is 5.54 Å². The van der Waals surface area contributed by atoms with E-state index >= 15 is 0 Å². The van der Waals surface area contributed by atoms with Crippen LogP contribution in [0.4, 0.5) is 5.69 Å². The minimum absolute atomic E-state index is 0.00112. The van der Waals surface area contributed by atoms with Gasteiger partial charge in [-0.3, -0.25) is 9.59 Å². The van der Waals surface area contributed by atoms with Crippen molar-refractivity contribution in [2.45, 2.75) is 25.3 Å². The van der Waals surface area contributed by atoms with Crippen molar-refractivity contribution >= 4 is 28.8 Å². The molecule has 1 saturated heterocycles. The van der Waals surface area contributed by atoms with Gasteiger partial charge in [0.15, 0.2) is 0 Å². The summed E-state index contributed by atoms with van der Waals surface area (Å²) in [6, 6.07) is 11.7. The summed E-state index contributed by atoms with van der Waals surface area (Å²) in [5.41, 5.74) is 1.18. The fourth-order valence-electron chi connectivity index (χ4n) is 3.48. The molecule has 1 N–H and O–H groups in total. The predicted molar refractivity (Wildman–Crippen MR) is 106 cm³/mol. The van der Waals surface area contributed by atoms with E-state index in [0.29, 0.717) is 19.5 Å². The number of likely N-dealkylation sites (N-methyl/N-ethyl adjacent to an activating group) is 1. The van der Waals surface area contributed by atoms with Crippen LogP contribution in [0.3, 0.4) is 0 Å². The van der Waals surface area contributed by atoms with Crippen molar-refractivity contribution in [2.24, 2.45) is 0 Å². The molecular formula is C20H25N3O2S. The van der Waals surface area contributed by atoms with E-state index in [1.165, 1.54) is 11.3 Å². The Balaban J connectivity index is 1.88. The first-order chi connectivity index (χ1) is 12.4. The lowest BCUT2D eigenvalue weighted by atomic mass is 9.86. The molecule has 26 heavy (non-hydrogen) atoms. The molecule has 2 aromatic rings. The topological polar surface area (TPSA) is 52.7 Å². The number of aryl methyl sites for hydroxylation is 1. The number of hydrogen-bond donors (Lipinski definition) is 1. The minimum Gasteiger partial charge on any atom is -0.370 e. The molecule has 1 aliphatic rings. The maximum Gasteiger partial charge on any atom is 0.264 e. The normalized spacial score (nSPS) is 19.9. The van der Waals surface area contributed by atoms with Crippen molar-refractivity contribution in [3.63, 3.8) is 0 Å². The molecule has 138 valence electrons. The molecule has 1 fully saturated rings. The molecule has 1 unspecified atom stereocenters. The van der Waals surface area contributed by atoms with Gasteiger partial charge in [-0.15, -0.1) is 11.3 Å². The van der Waals surface area contributed by atoms with Gasteiger partial charge in [-0.25, -0.2) is 0 Å². The van der Waals surface area contributed by atoms with Crippen LogP contribution in [0.25, 0.3) is 0 Å². The average molecular weight is 372 g/mol. The number of nitrogens with zero attached hydrogens (tertiary/aromatic N) is 2. The maximum atomic E-state index is 13.1. The van der Waals surface area contributed by atoms with Gasteiger partial charge in [-0.1, -0.05) is 18.2 Å². The monoisotopic (exact) mass is 371 g/mol. The number of amides is 2. The van der Waals surface area contributed by atoms with Crippen molar-refractivity contribution in [2.75, 3.05) is 32.5 Å². The lowest BCUT2D eigenvalue weighted by molar-refractivity contribution is -0.135. The van der Waals surface area contributed by atoms with Gasteiger partial charge in [0.2, 0.25) is 5.91 Å². The average Bonchev–Trinajstić information content (AvgIpc) is 3.07. The van der Waals surface area contributed by atoms with E-state index in [0.717, 1.165) is 22.5 Å².